The van der Waals surface area contributed by atoms with Crippen LogP contribution in [-0.4, -0.2) is 66.5 Å². The number of fused-ring (bicyclic) bond motifs is 1. The molecule has 2 aliphatic rings. The van der Waals surface area contributed by atoms with Gasteiger partial charge in [-0.25, -0.2) is 17.9 Å². The number of benzene rings is 3. The maximum absolute atomic E-state index is 13.9. The van der Waals surface area contributed by atoms with E-state index >= 15 is 0 Å². The lowest BCUT2D eigenvalue weighted by atomic mass is 9.85. The molecule has 2 amide bonds. The molecule has 1 aliphatic carbocycles. The van der Waals surface area contributed by atoms with Crippen LogP contribution in [0.3, 0.4) is 0 Å². The van der Waals surface area contributed by atoms with Crippen molar-refractivity contribution >= 4 is 32.9 Å². The Kier molecular flexibility index (Phi) is 9.75. The Hall–Kier alpha value is -4.36. The summed E-state index contributed by atoms with van der Waals surface area (Å²) in [5.74, 6) is -0.299. The molecule has 0 bridgehead atoms. The average molecular weight is 711 g/mol. The number of ether oxygens (including phenoxy) is 1. The van der Waals surface area contributed by atoms with Crippen molar-refractivity contribution in [2.24, 2.45) is 5.92 Å². The lowest BCUT2D eigenvalue weighted by Crippen LogP contribution is -2.54. The van der Waals surface area contributed by atoms with E-state index in [1.807, 2.05) is 56.0 Å². The van der Waals surface area contributed by atoms with E-state index in [0.29, 0.717) is 56.2 Å². The standard InChI is InChI=1S/C37H41F3N4O5S/c1-36(2,3)49-35(46)43-19-20-44(33(23-43)24-9-5-4-6-10-24)34(45)25-13-16-27(17-14-25)42-50(47,48)28-18-15-26-21-32(41-31(26)22-28)29-11-7-8-12-30(29)37(38,39)40/h4-12,15,18,21-22,25,27,33,41-42H,13-14,16-17,19-20,23H2,1-3H3. The molecule has 1 atom stereocenters. The monoisotopic (exact) mass is 710 g/mol. The summed E-state index contributed by atoms with van der Waals surface area (Å²) in [5, 5.41) is 0.579. The van der Waals surface area contributed by atoms with Gasteiger partial charge in [-0.15, -0.1) is 0 Å². The van der Waals surface area contributed by atoms with Crippen molar-refractivity contribution in [3.8, 4) is 11.3 Å². The molecule has 0 spiro atoms. The van der Waals surface area contributed by atoms with Gasteiger partial charge in [0.15, 0.2) is 0 Å². The van der Waals surface area contributed by atoms with Gasteiger partial charge in [-0.3, -0.25) is 4.79 Å². The minimum absolute atomic E-state index is 0.00531. The first-order valence-corrected chi connectivity index (χ1v) is 18.2. The number of hydrogen-bond acceptors (Lipinski definition) is 5. The van der Waals surface area contributed by atoms with Crippen molar-refractivity contribution < 1.29 is 35.9 Å². The molecular formula is C37H41F3N4O5S. The second-order valence-electron chi connectivity index (χ2n) is 14.0. The third kappa shape index (κ3) is 7.83. The fourth-order valence-electron chi connectivity index (χ4n) is 6.86. The first-order chi connectivity index (χ1) is 23.6. The molecule has 1 aliphatic heterocycles. The summed E-state index contributed by atoms with van der Waals surface area (Å²) >= 11 is 0. The molecule has 0 radical (unpaired) electrons. The molecule has 266 valence electrons. The van der Waals surface area contributed by atoms with Gasteiger partial charge < -0.3 is 19.5 Å². The van der Waals surface area contributed by atoms with Gasteiger partial charge in [-0.05, 0) is 76.3 Å². The molecule has 1 saturated carbocycles. The zero-order valence-corrected chi connectivity index (χ0v) is 29.0. The number of nitrogens with one attached hydrogen (secondary N) is 2. The van der Waals surface area contributed by atoms with Crippen molar-refractivity contribution in [1.29, 1.82) is 0 Å². The van der Waals surface area contributed by atoms with E-state index in [4.69, 9.17) is 4.74 Å². The van der Waals surface area contributed by atoms with Gasteiger partial charge in [0.2, 0.25) is 15.9 Å². The van der Waals surface area contributed by atoms with E-state index < -0.39 is 33.5 Å². The molecule has 13 heteroatoms. The number of aromatic amines is 1. The molecular weight excluding hydrogens is 669 g/mol. The highest BCUT2D eigenvalue weighted by Gasteiger charge is 2.39. The van der Waals surface area contributed by atoms with Crippen LogP contribution in [0, 0.1) is 5.92 Å². The Morgan fingerprint density at radius 2 is 1.56 bits per heavy atom. The minimum atomic E-state index is -4.55. The van der Waals surface area contributed by atoms with Crippen molar-refractivity contribution in [3.05, 3.63) is 90.0 Å². The summed E-state index contributed by atoms with van der Waals surface area (Å²) in [6.07, 6.45) is -3.04. The SMILES string of the molecule is CC(C)(C)OC(=O)N1CCN(C(=O)C2CCC(NS(=O)(=O)c3ccc4cc(-c5ccccc5C(F)(F)F)[nH]c4c3)CC2)C(c2ccccc2)C1. The van der Waals surface area contributed by atoms with Crippen LogP contribution < -0.4 is 4.72 Å². The van der Waals surface area contributed by atoms with Crippen LogP contribution in [0.5, 0.6) is 0 Å². The lowest BCUT2D eigenvalue weighted by Gasteiger charge is -2.43. The zero-order chi connectivity index (χ0) is 35.8. The van der Waals surface area contributed by atoms with Gasteiger partial charge in [-0.1, -0.05) is 54.6 Å². The van der Waals surface area contributed by atoms with E-state index in [1.165, 1.54) is 30.3 Å². The number of sulfonamides is 1. The number of aromatic nitrogens is 1. The van der Waals surface area contributed by atoms with Crippen molar-refractivity contribution in [1.82, 2.24) is 19.5 Å². The molecule has 1 unspecified atom stereocenters. The molecule has 2 N–H and O–H groups in total. The summed E-state index contributed by atoms with van der Waals surface area (Å²) in [4.78, 5) is 33.3. The molecule has 9 nitrogen and oxygen atoms in total. The number of hydrogen-bond donors (Lipinski definition) is 2. The Balaban J connectivity index is 1.11. The molecule has 1 saturated heterocycles. The molecule has 1 aromatic heterocycles. The van der Waals surface area contributed by atoms with Gasteiger partial charge in [0.05, 0.1) is 16.5 Å². The molecule has 2 heterocycles. The second-order valence-corrected chi connectivity index (χ2v) is 15.7. The van der Waals surface area contributed by atoms with Gasteiger partial charge in [0.25, 0.3) is 0 Å². The lowest BCUT2D eigenvalue weighted by molar-refractivity contribution is -0.142. The number of alkyl halides is 3. The maximum atomic E-state index is 13.9. The van der Waals surface area contributed by atoms with E-state index in [2.05, 4.69) is 9.71 Å². The fourth-order valence-corrected chi connectivity index (χ4v) is 8.19. The van der Waals surface area contributed by atoms with E-state index in [1.54, 1.807) is 17.0 Å². The summed E-state index contributed by atoms with van der Waals surface area (Å²) in [7, 11) is -3.96. The second kappa shape index (κ2) is 13.7. The van der Waals surface area contributed by atoms with Gasteiger partial charge >= 0.3 is 12.3 Å². The Labute approximate surface area is 289 Å². The maximum Gasteiger partial charge on any atom is 0.417 e. The van der Waals surface area contributed by atoms with E-state index in [-0.39, 0.29) is 40.1 Å². The number of piperazine rings is 1. The number of H-pyrrole nitrogens is 1. The highest BCUT2D eigenvalue weighted by molar-refractivity contribution is 7.89. The minimum Gasteiger partial charge on any atom is -0.444 e. The molecule has 2 fully saturated rings. The number of amides is 2. The largest absolute Gasteiger partial charge is 0.444 e. The number of rotatable bonds is 6. The third-order valence-corrected chi connectivity index (χ3v) is 10.8. The van der Waals surface area contributed by atoms with Gasteiger partial charge in [0, 0.05) is 53.8 Å². The fraction of sp³-hybridized carbons (Fsp3) is 0.405. The van der Waals surface area contributed by atoms with Crippen molar-refractivity contribution in [3.63, 3.8) is 0 Å². The normalized spacial score (nSPS) is 20.6. The summed E-state index contributed by atoms with van der Waals surface area (Å²) in [5.41, 5.74) is 0.107. The first-order valence-electron chi connectivity index (χ1n) is 16.7. The average Bonchev–Trinajstić information content (AvgIpc) is 3.51. The topological polar surface area (TPSA) is 112 Å². The van der Waals surface area contributed by atoms with Crippen LogP contribution in [0.1, 0.15) is 63.6 Å². The first kappa shape index (κ1) is 35.5. The highest BCUT2D eigenvalue weighted by atomic mass is 32.2. The molecule has 3 aromatic carbocycles. The summed E-state index contributed by atoms with van der Waals surface area (Å²) in [6.45, 7) is 6.46. The van der Waals surface area contributed by atoms with Crippen molar-refractivity contribution in [2.45, 2.75) is 75.2 Å². The number of carbonyl (C=O) groups is 2. The molecule has 6 rings (SSSR count). The van der Waals surface area contributed by atoms with E-state index in [0.717, 1.165) is 11.6 Å². The predicted octanol–water partition coefficient (Wildman–Crippen LogP) is 7.51. The van der Waals surface area contributed by atoms with Crippen LogP contribution in [0.25, 0.3) is 22.2 Å². The van der Waals surface area contributed by atoms with Crippen LogP contribution in [0.2, 0.25) is 0 Å². The zero-order valence-electron chi connectivity index (χ0n) is 28.2. The van der Waals surface area contributed by atoms with Crippen LogP contribution in [0.15, 0.2) is 83.8 Å². The van der Waals surface area contributed by atoms with Crippen LogP contribution >= 0.6 is 0 Å². The third-order valence-electron chi connectivity index (χ3n) is 9.32. The smallest absolute Gasteiger partial charge is 0.417 e. The summed E-state index contributed by atoms with van der Waals surface area (Å²) < 4.78 is 76.2. The number of halogens is 3. The summed E-state index contributed by atoms with van der Waals surface area (Å²) in [6, 6.07) is 20.1. The predicted molar refractivity (Wildman–Crippen MR) is 184 cm³/mol. The quantitative estimate of drug-likeness (QED) is 0.215. The van der Waals surface area contributed by atoms with E-state index in [9.17, 15) is 31.2 Å². The van der Waals surface area contributed by atoms with Gasteiger partial charge in [0.1, 0.15) is 5.60 Å². The van der Waals surface area contributed by atoms with Gasteiger partial charge in [-0.2, -0.15) is 13.2 Å². The number of carbonyl (C=O) groups excluding carboxylic acids is 2. The van der Waals surface area contributed by atoms with Crippen LogP contribution in [0.4, 0.5) is 18.0 Å². The Morgan fingerprint density at radius 3 is 2.24 bits per heavy atom. The molecule has 50 heavy (non-hydrogen) atoms. The van der Waals surface area contributed by atoms with Crippen molar-refractivity contribution in [2.75, 3.05) is 19.6 Å². The molecule has 4 aromatic rings. The number of nitrogens with zero attached hydrogens (tertiary/aromatic N) is 2. The van der Waals surface area contributed by atoms with Crippen LogP contribution in [-0.2, 0) is 25.7 Å². The Morgan fingerprint density at radius 1 is 0.880 bits per heavy atom. The Bertz CT molecular complexity index is 1970. The highest BCUT2D eigenvalue weighted by Crippen LogP contribution is 2.38.